The zero-order chi connectivity index (χ0) is 9.19. The zero-order valence-corrected chi connectivity index (χ0v) is 6.87. The Balaban J connectivity index is 2.64. The van der Waals surface area contributed by atoms with Gasteiger partial charge in [0.05, 0.1) is 5.60 Å². The van der Waals surface area contributed by atoms with Crippen LogP contribution in [-0.2, 0) is 0 Å². The van der Waals surface area contributed by atoms with Crippen LogP contribution < -0.4 is 11.1 Å². The number of carbonyl (C=O) groups excluding carboxylic acids is 1. The molecule has 0 saturated carbocycles. The van der Waals surface area contributed by atoms with Crippen LogP contribution in [-0.4, -0.2) is 16.7 Å². The molecule has 4 nitrogen and oxygen atoms in total. The van der Waals surface area contributed by atoms with E-state index >= 15 is 0 Å². The lowest BCUT2D eigenvalue weighted by atomic mass is 9.95. The summed E-state index contributed by atoms with van der Waals surface area (Å²) in [4.78, 5) is 10.4. The number of nitrogens with one attached hydrogen (secondary N) is 1. The first-order chi connectivity index (χ1) is 5.49. The lowest BCUT2D eigenvalue weighted by Crippen LogP contribution is -2.34. The summed E-state index contributed by atoms with van der Waals surface area (Å²) in [5.74, 6) is 0. The number of urea groups is 1. The van der Waals surface area contributed by atoms with Crippen LogP contribution in [0.1, 0.15) is 13.3 Å². The molecule has 0 aliphatic heterocycles. The molecule has 0 saturated heterocycles. The van der Waals surface area contributed by atoms with Crippen LogP contribution in [0.2, 0.25) is 0 Å². The molecule has 0 spiro atoms. The number of primary amides is 1. The van der Waals surface area contributed by atoms with Gasteiger partial charge in [-0.15, -0.1) is 0 Å². The van der Waals surface area contributed by atoms with E-state index in [9.17, 15) is 9.90 Å². The van der Waals surface area contributed by atoms with Gasteiger partial charge >= 0.3 is 6.03 Å². The molecule has 0 fully saturated rings. The third kappa shape index (κ3) is 2.39. The van der Waals surface area contributed by atoms with Gasteiger partial charge in [0.1, 0.15) is 0 Å². The molecule has 0 radical (unpaired) electrons. The van der Waals surface area contributed by atoms with Crippen LogP contribution in [0.15, 0.2) is 23.9 Å². The standard InChI is InChI=1S/C8H12N2O2/c1-8(12)4-2-3-6(5-8)10-7(9)11/h2-4,12H,5H2,1H3,(H3,9,10,11). The number of amides is 2. The van der Waals surface area contributed by atoms with Gasteiger partial charge in [-0.05, 0) is 13.0 Å². The zero-order valence-electron chi connectivity index (χ0n) is 6.87. The Morgan fingerprint density at radius 1 is 1.83 bits per heavy atom. The van der Waals surface area contributed by atoms with Crippen molar-refractivity contribution in [1.82, 2.24) is 5.32 Å². The molecular formula is C8H12N2O2. The number of hydrogen-bond donors (Lipinski definition) is 3. The Morgan fingerprint density at radius 3 is 3.00 bits per heavy atom. The van der Waals surface area contributed by atoms with Crippen molar-refractivity contribution >= 4 is 6.03 Å². The molecule has 1 atom stereocenters. The highest BCUT2D eigenvalue weighted by molar-refractivity contribution is 5.73. The number of nitrogens with two attached hydrogens (primary N) is 1. The molecule has 0 aromatic rings. The van der Waals surface area contributed by atoms with Gasteiger partial charge in [-0.25, -0.2) is 4.79 Å². The summed E-state index contributed by atoms with van der Waals surface area (Å²) in [6, 6.07) is -0.604. The van der Waals surface area contributed by atoms with Gasteiger partial charge in [0.25, 0.3) is 0 Å². The van der Waals surface area contributed by atoms with Gasteiger partial charge in [0.15, 0.2) is 0 Å². The van der Waals surface area contributed by atoms with E-state index in [1.165, 1.54) is 0 Å². The van der Waals surface area contributed by atoms with Crippen LogP contribution in [0.4, 0.5) is 4.79 Å². The molecule has 1 unspecified atom stereocenters. The van der Waals surface area contributed by atoms with Crippen molar-refractivity contribution in [3.8, 4) is 0 Å². The highest BCUT2D eigenvalue weighted by Gasteiger charge is 2.21. The summed E-state index contributed by atoms with van der Waals surface area (Å²) in [7, 11) is 0. The second-order valence-corrected chi connectivity index (χ2v) is 3.07. The van der Waals surface area contributed by atoms with Crippen LogP contribution in [0, 0.1) is 0 Å². The lowest BCUT2D eigenvalue weighted by molar-refractivity contribution is 0.109. The highest BCUT2D eigenvalue weighted by Crippen LogP contribution is 2.20. The molecule has 2 amide bonds. The van der Waals surface area contributed by atoms with Crippen molar-refractivity contribution in [2.75, 3.05) is 0 Å². The third-order valence-corrected chi connectivity index (χ3v) is 1.58. The molecule has 1 aliphatic carbocycles. The lowest BCUT2D eigenvalue weighted by Gasteiger charge is -2.23. The molecule has 0 bridgehead atoms. The van der Waals surface area contributed by atoms with E-state index < -0.39 is 11.6 Å². The molecule has 1 aliphatic rings. The molecule has 1 rings (SSSR count). The van der Waals surface area contributed by atoms with E-state index in [1.54, 1.807) is 25.2 Å². The molecule has 66 valence electrons. The van der Waals surface area contributed by atoms with E-state index in [1.807, 2.05) is 0 Å². The predicted molar refractivity (Wildman–Crippen MR) is 45.2 cm³/mol. The van der Waals surface area contributed by atoms with Gasteiger partial charge in [-0.1, -0.05) is 12.2 Å². The first-order valence-electron chi connectivity index (χ1n) is 3.67. The SMILES string of the molecule is CC1(O)C=CC=C(NC(N)=O)C1. The van der Waals surface area contributed by atoms with Crippen LogP contribution >= 0.6 is 0 Å². The predicted octanol–water partition coefficient (Wildman–Crippen LogP) is 0.249. The maximum Gasteiger partial charge on any atom is 0.316 e. The van der Waals surface area contributed by atoms with Crippen molar-refractivity contribution in [3.05, 3.63) is 23.9 Å². The fraction of sp³-hybridized carbons (Fsp3) is 0.375. The fourth-order valence-corrected chi connectivity index (χ4v) is 1.12. The van der Waals surface area contributed by atoms with Crippen molar-refractivity contribution in [2.45, 2.75) is 18.9 Å². The molecule has 0 aromatic carbocycles. The van der Waals surface area contributed by atoms with Crippen LogP contribution in [0.3, 0.4) is 0 Å². The summed E-state index contributed by atoms with van der Waals surface area (Å²) < 4.78 is 0. The van der Waals surface area contributed by atoms with Crippen molar-refractivity contribution in [3.63, 3.8) is 0 Å². The van der Waals surface area contributed by atoms with E-state index in [0.717, 1.165) is 0 Å². The minimum absolute atomic E-state index is 0.381. The minimum atomic E-state index is -0.882. The van der Waals surface area contributed by atoms with Gasteiger partial charge in [0, 0.05) is 12.1 Å². The van der Waals surface area contributed by atoms with Crippen LogP contribution in [0.5, 0.6) is 0 Å². The van der Waals surface area contributed by atoms with Crippen molar-refractivity contribution < 1.29 is 9.90 Å². The highest BCUT2D eigenvalue weighted by atomic mass is 16.3. The molecule has 4 N–H and O–H groups in total. The first kappa shape index (κ1) is 8.80. The maximum atomic E-state index is 10.4. The summed E-state index contributed by atoms with van der Waals surface area (Å²) >= 11 is 0. The molecule has 0 heterocycles. The topological polar surface area (TPSA) is 75.3 Å². The summed E-state index contributed by atoms with van der Waals surface area (Å²) in [6.45, 7) is 1.67. The van der Waals surface area contributed by atoms with Gasteiger partial charge < -0.3 is 16.2 Å². The summed E-state index contributed by atoms with van der Waals surface area (Å²) in [5.41, 5.74) is 4.67. The molecule has 4 heteroatoms. The smallest absolute Gasteiger partial charge is 0.316 e. The number of carbonyl (C=O) groups is 1. The van der Waals surface area contributed by atoms with Crippen molar-refractivity contribution in [1.29, 1.82) is 0 Å². The summed E-state index contributed by atoms with van der Waals surface area (Å²) in [6.07, 6.45) is 5.45. The Labute approximate surface area is 70.8 Å². The minimum Gasteiger partial charge on any atom is -0.386 e. The normalized spacial score (nSPS) is 28.0. The van der Waals surface area contributed by atoms with E-state index in [-0.39, 0.29) is 0 Å². The Hall–Kier alpha value is -1.29. The van der Waals surface area contributed by atoms with E-state index in [0.29, 0.717) is 12.1 Å². The first-order valence-corrected chi connectivity index (χ1v) is 3.67. The fourth-order valence-electron chi connectivity index (χ4n) is 1.12. The van der Waals surface area contributed by atoms with Crippen LogP contribution in [0.25, 0.3) is 0 Å². The maximum absolute atomic E-state index is 10.4. The molecule has 0 aromatic heterocycles. The van der Waals surface area contributed by atoms with Crippen molar-refractivity contribution in [2.24, 2.45) is 5.73 Å². The van der Waals surface area contributed by atoms with E-state index in [2.05, 4.69) is 5.32 Å². The average Bonchev–Trinajstić information content (AvgIpc) is 1.82. The van der Waals surface area contributed by atoms with E-state index in [4.69, 9.17) is 5.73 Å². The second kappa shape index (κ2) is 2.98. The Morgan fingerprint density at radius 2 is 2.50 bits per heavy atom. The second-order valence-electron chi connectivity index (χ2n) is 3.07. The van der Waals surface area contributed by atoms with Gasteiger partial charge in [-0.3, -0.25) is 0 Å². The average molecular weight is 168 g/mol. The Kier molecular flexibility index (Phi) is 2.19. The summed E-state index contributed by atoms with van der Waals surface area (Å²) in [5, 5.41) is 12.0. The molecule has 12 heavy (non-hydrogen) atoms. The monoisotopic (exact) mass is 168 g/mol. The largest absolute Gasteiger partial charge is 0.386 e. The number of aliphatic hydroxyl groups is 1. The third-order valence-electron chi connectivity index (χ3n) is 1.58. The molecular weight excluding hydrogens is 156 g/mol. The number of hydrogen-bond acceptors (Lipinski definition) is 2. The van der Waals surface area contributed by atoms with Gasteiger partial charge in [0.2, 0.25) is 0 Å². The van der Waals surface area contributed by atoms with Gasteiger partial charge in [-0.2, -0.15) is 0 Å². The number of allylic oxidation sites excluding steroid dienone is 2. The Bertz CT molecular complexity index is 254. The quantitative estimate of drug-likeness (QED) is 0.525. The number of rotatable bonds is 1.